The van der Waals surface area contributed by atoms with Gasteiger partial charge in [0.25, 0.3) is 0 Å². The van der Waals surface area contributed by atoms with E-state index in [4.69, 9.17) is 4.74 Å². The molecular weight excluding hydrogens is 180 g/mol. The lowest BCUT2D eigenvalue weighted by Gasteiger charge is -2.42. The van der Waals surface area contributed by atoms with Gasteiger partial charge in [-0.3, -0.25) is 9.59 Å². The Hall–Kier alpha value is -0.700. The molecule has 0 N–H and O–H groups in total. The van der Waals surface area contributed by atoms with Crippen molar-refractivity contribution in [3.63, 3.8) is 0 Å². The summed E-state index contributed by atoms with van der Waals surface area (Å²) in [4.78, 5) is 22.5. The van der Waals surface area contributed by atoms with Crippen molar-refractivity contribution >= 4 is 11.6 Å². The molecule has 14 heavy (non-hydrogen) atoms. The molecule has 1 rings (SSSR count). The first-order valence-electron chi connectivity index (χ1n) is 5.09. The van der Waals surface area contributed by atoms with Crippen LogP contribution < -0.4 is 0 Å². The topological polar surface area (TPSA) is 43.4 Å². The molecule has 0 unspecified atom stereocenters. The average molecular weight is 198 g/mol. The molecule has 0 saturated carbocycles. The maximum atomic E-state index is 11.3. The summed E-state index contributed by atoms with van der Waals surface area (Å²) in [5.41, 5.74) is 0.0853. The molecule has 0 spiro atoms. The van der Waals surface area contributed by atoms with Gasteiger partial charge in [0.15, 0.2) is 0 Å². The third-order valence-electron chi connectivity index (χ3n) is 3.19. The molecule has 3 heteroatoms. The highest BCUT2D eigenvalue weighted by Gasteiger charge is 2.40. The van der Waals surface area contributed by atoms with E-state index < -0.39 is 5.92 Å². The highest BCUT2D eigenvalue weighted by Crippen LogP contribution is 2.38. The maximum absolute atomic E-state index is 11.3. The fourth-order valence-corrected chi connectivity index (χ4v) is 1.86. The van der Waals surface area contributed by atoms with Crippen LogP contribution in [0, 0.1) is 11.3 Å². The second kappa shape index (κ2) is 4.22. The van der Waals surface area contributed by atoms with Gasteiger partial charge in [-0.1, -0.05) is 6.92 Å². The lowest BCUT2D eigenvalue weighted by molar-refractivity contribution is -0.145. The highest BCUT2D eigenvalue weighted by molar-refractivity contribution is 6.00. The summed E-state index contributed by atoms with van der Waals surface area (Å²) in [6.45, 7) is 6.46. The van der Waals surface area contributed by atoms with Crippen LogP contribution in [0.4, 0.5) is 0 Å². The number of ketones is 2. The van der Waals surface area contributed by atoms with Gasteiger partial charge in [-0.25, -0.2) is 0 Å². The molecule has 1 fully saturated rings. The molecule has 3 nitrogen and oxygen atoms in total. The van der Waals surface area contributed by atoms with E-state index in [2.05, 4.69) is 6.92 Å². The predicted molar refractivity (Wildman–Crippen MR) is 53.0 cm³/mol. The number of carbonyl (C=O) groups is 2. The molecule has 0 amide bonds. The van der Waals surface area contributed by atoms with Gasteiger partial charge in [-0.05, 0) is 26.7 Å². The zero-order valence-corrected chi connectivity index (χ0v) is 9.13. The van der Waals surface area contributed by atoms with Crippen LogP contribution in [0.2, 0.25) is 0 Å². The zero-order chi connectivity index (χ0) is 10.8. The minimum absolute atomic E-state index is 0.0165. The van der Waals surface area contributed by atoms with Crippen molar-refractivity contribution < 1.29 is 14.3 Å². The van der Waals surface area contributed by atoms with Crippen LogP contribution in [-0.2, 0) is 14.3 Å². The monoisotopic (exact) mass is 198 g/mol. The molecule has 0 aromatic carbocycles. The molecule has 0 aromatic rings. The van der Waals surface area contributed by atoms with Crippen molar-refractivity contribution in [2.75, 3.05) is 13.2 Å². The van der Waals surface area contributed by atoms with Gasteiger partial charge in [0.05, 0.1) is 19.1 Å². The Kier molecular flexibility index (Phi) is 3.43. The lowest BCUT2D eigenvalue weighted by atomic mass is 9.73. The average Bonchev–Trinajstić information content (AvgIpc) is 2.02. The van der Waals surface area contributed by atoms with Crippen molar-refractivity contribution in [1.82, 2.24) is 0 Å². The Balaban J connectivity index is 2.63. The second-order valence-electron chi connectivity index (χ2n) is 4.32. The van der Waals surface area contributed by atoms with Gasteiger partial charge in [0.2, 0.25) is 0 Å². The summed E-state index contributed by atoms with van der Waals surface area (Å²) in [6.07, 6.45) is 1.64. The number of Topliss-reactive ketones (excluding diaryl/α,β-unsaturated/α-hetero) is 2. The standard InChI is InChI=1S/C11H18O3/c1-4-11(6-14-7-11)5-10(8(2)12)9(3)13/h10H,4-7H2,1-3H3. The molecule has 1 saturated heterocycles. The van der Waals surface area contributed by atoms with Crippen LogP contribution in [0.15, 0.2) is 0 Å². The summed E-state index contributed by atoms with van der Waals surface area (Å²) < 4.78 is 5.17. The molecule has 1 aliphatic rings. The van der Waals surface area contributed by atoms with Crippen molar-refractivity contribution in [1.29, 1.82) is 0 Å². The highest BCUT2D eigenvalue weighted by atomic mass is 16.5. The van der Waals surface area contributed by atoms with Crippen LogP contribution in [0.1, 0.15) is 33.6 Å². The molecule has 0 aliphatic carbocycles. The summed E-state index contributed by atoms with van der Waals surface area (Å²) >= 11 is 0. The summed E-state index contributed by atoms with van der Waals surface area (Å²) in [5.74, 6) is -0.451. The van der Waals surface area contributed by atoms with E-state index in [0.717, 1.165) is 6.42 Å². The molecule has 1 aliphatic heterocycles. The summed E-state index contributed by atoms with van der Waals surface area (Å²) in [5, 5.41) is 0. The van der Waals surface area contributed by atoms with Gasteiger partial charge in [0.1, 0.15) is 11.6 Å². The van der Waals surface area contributed by atoms with E-state index in [-0.39, 0.29) is 17.0 Å². The van der Waals surface area contributed by atoms with E-state index in [0.29, 0.717) is 19.6 Å². The summed E-state index contributed by atoms with van der Waals surface area (Å²) in [7, 11) is 0. The normalized spacial score (nSPS) is 19.1. The van der Waals surface area contributed by atoms with Gasteiger partial charge in [0, 0.05) is 5.41 Å². The number of hydrogen-bond donors (Lipinski definition) is 0. The zero-order valence-electron chi connectivity index (χ0n) is 9.13. The number of rotatable bonds is 5. The van der Waals surface area contributed by atoms with Gasteiger partial charge < -0.3 is 4.74 Å². The van der Waals surface area contributed by atoms with Crippen LogP contribution in [0.5, 0.6) is 0 Å². The van der Waals surface area contributed by atoms with Crippen LogP contribution in [0.3, 0.4) is 0 Å². The lowest BCUT2D eigenvalue weighted by Crippen LogP contribution is -2.45. The first kappa shape index (κ1) is 11.4. The van der Waals surface area contributed by atoms with E-state index in [9.17, 15) is 9.59 Å². The Morgan fingerprint density at radius 1 is 1.29 bits per heavy atom. The Morgan fingerprint density at radius 2 is 1.79 bits per heavy atom. The van der Waals surface area contributed by atoms with Gasteiger partial charge >= 0.3 is 0 Å². The number of carbonyl (C=O) groups excluding carboxylic acids is 2. The quantitative estimate of drug-likeness (QED) is 0.630. The Labute approximate surface area is 84.8 Å². The fourth-order valence-electron chi connectivity index (χ4n) is 1.86. The second-order valence-corrected chi connectivity index (χ2v) is 4.32. The van der Waals surface area contributed by atoms with Crippen LogP contribution in [0.25, 0.3) is 0 Å². The first-order valence-corrected chi connectivity index (χ1v) is 5.09. The van der Waals surface area contributed by atoms with Gasteiger partial charge in [-0.2, -0.15) is 0 Å². The maximum Gasteiger partial charge on any atom is 0.140 e. The fraction of sp³-hybridized carbons (Fsp3) is 0.818. The molecule has 0 aromatic heterocycles. The minimum Gasteiger partial charge on any atom is -0.380 e. The molecule has 0 bridgehead atoms. The van der Waals surface area contributed by atoms with Crippen LogP contribution >= 0.6 is 0 Å². The van der Waals surface area contributed by atoms with Crippen molar-refractivity contribution in [3.05, 3.63) is 0 Å². The molecule has 0 radical (unpaired) electrons. The third-order valence-corrected chi connectivity index (χ3v) is 3.19. The summed E-state index contributed by atoms with van der Waals surface area (Å²) in [6, 6.07) is 0. The minimum atomic E-state index is -0.418. The smallest absolute Gasteiger partial charge is 0.140 e. The van der Waals surface area contributed by atoms with E-state index in [1.165, 1.54) is 13.8 Å². The van der Waals surface area contributed by atoms with Gasteiger partial charge in [-0.15, -0.1) is 0 Å². The Bertz CT molecular complexity index is 221. The molecule has 0 atom stereocenters. The van der Waals surface area contributed by atoms with E-state index in [1.807, 2.05) is 0 Å². The largest absolute Gasteiger partial charge is 0.380 e. The molecule has 1 heterocycles. The van der Waals surface area contributed by atoms with Crippen molar-refractivity contribution in [2.24, 2.45) is 11.3 Å². The molecular formula is C11H18O3. The Morgan fingerprint density at radius 3 is 2.00 bits per heavy atom. The van der Waals surface area contributed by atoms with E-state index in [1.54, 1.807) is 0 Å². The van der Waals surface area contributed by atoms with Crippen molar-refractivity contribution in [3.8, 4) is 0 Å². The van der Waals surface area contributed by atoms with E-state index >= 15 is 0 Å². The molecule has 80 valence electrons. The van der Waals surface area contributed by atoms with Crippen molar-refractivity contribution in [2.45, 2.75) is 33.6 Å². The third kappa shape index (κ3) is 2.21. The SMILES string of the molecule is CCC1(CC(C(C)=O)C(C)=O)COC1. The predicted octanol–water partition coefficient (Wildman–Crippen LogP) is 1.60. The number of ether oxygens (including phenoxy) is 1. The number of hydrogen-bond acceptors (Lipinski definition) is 3. The van der Waals surface area contributed by atoms with Crippen LogP contribution in [-0.4, -0.2) is 24.8 Å². The first-order chi connectivity index (χ1) is 6.51.